The van der Waals surface area contributed by atoms with E-state index >= 15 is 0 Å². The van der Waals surface area contributed by atoms with Crippen molar-refractivity contribution in [3.05, 3.63) is 0 Å². The van der Waals surface area contributed by atoms with Gasteiger partial charge in [0.05, 0.1) is 23.0 Å². The van der Waals surface area contributed by atoms with Crippen LogP contribution in [0.5, 0.6) is 0 Å². The number of epoxide rings is 1. The lowest BCUT2D eigenvalue weighted by molar-refractivity contribution is -0.150. The summed E-state index contributed by atoms with van der Waals surface area (Å²) in [5.74, 6) is 0.0372. The maximum absolute atomic E-state index is 11.9. The number of rotatable bonds is 0. The Balaban J connectivity index is 1.80. The molecule has 19 heavy (non-hydrogen) atoms. The second-order valence-electron chi connectivity index (χ2n) is 7.45. The lowest BCUT2D eigenvalue weighted by Gasteiger charge is -2.34. The van der Waals surface area contributed by atoms with Gasteiger partial charge in [0.15, 0.2) is 0 Å². The lowest BCUT2D eigenvalue weighted by Crippen LogP contribution is -2.47. The van der Waals surface area contributed by atoms with Crippen molar-refractivity contribution in [3.8, 4) is 0 Å². The van der Waals surface area contributed by atoms with Gasteiger partial charge in [-0.15, -0.1) is 0 Å². The minimum Gasteiger partial charge on any atom is -0.461 e. The highest BCUT2D eigenvalue weighted by Gasteiger charge is 2.79. The Labute approximate surface area is 113 Å². The summed E-state index contributed by atoms with van der Waals surface area (Å²) >= 11 is 0. The number of aliphatic hydroxyl groups is 1. The molecule has 4 fully saturated rings. The zero-order valence-electron chi connectivity index (χ0n) is 11.8. The lowest BCUT2D eigenvalue weighted by atomic mass is 9.75. The van der Waals surface area contributed by atoms with Crippen molar-refractivity contribution in [2.45, 2.75) is 69.4 Å². The summed E-state index contributed by atoms with van der Waals surface area (Å²) in [4.78, 5) is 11.9. The molecule has 0 radical (unpaired) electrons. The molecule has 0 aromatic heterocycles. The molecular weight excluding hydrogens is 244 g/mol. The fourth-order valence-electron chi connectivity index (χ4n) is 5.18. The van der Waals surface area contributed by atoms with Gasteiger partial charge in [0.1, 0.15) is 11.7 Å². The number of carbonyl (C=O) groups is 1. The molecular formula is C15H22O4. The Morgan fingerprint density at radius 3 is 2.74 bits per heavy atom. The summed E-state index contributed by atoms with van der Waals surface area (Å²) < 4.78 is 11.8. The van der Waals surface area contributed by atoms with Gasteiger partial charge in [-0.2, -0.15) is 0 Å². The standard InChI is InChI=1S/C15H22O4/c1-8-9-4-5-14(3)15(19-14)7-6-13(2,17)11(15)10(9)18-12(8)16/h8-11,17H,4-7H2,1-3H3/t8?,9-,10-,11-,13+,14+,15-/m0/s1. The topological polar surface area (TPSA) is 59.1 Å². The summed E-state index contributed by atoms with van der Waals surface area (Å²) in [6.07, 6.45) is 3.40. The summed E-state index contributed by atoms with van der Waals surface area (Å²) in [5, 5.41) is 10.8. The normalized spacial score (nSPS) is 62.8. The second-order valence-corrected chi connectivity index (χ2v) is 7.45. The summed E-state index contributed by atoms with van der Waals surface area (Å²) in [7, 11) is 0. The van der Waals surface area contributed by atoms with E-state index in [2.05, 4.69) is 6.92 Å². The van der Waals surface area contributed by atoms with Crippen LogP contribution >= 0.6 is 0 Å². The average molecular weight is 266 g/mol. The first-order chi connectivity index (χ1) is 8.81. The predicted octanol–water partition coefficient (Wildman–Crippen LogP) is 1.65. The third-order valence-electron chi connectivity index (χ3n) is 6.41. The van der Waals surface area contributed by atoms with Crippen LogP contribution in [0.4, 0.5) is 0 Å². The van der Waals surface area contributed by atoms with Gasteiger partial charge in [0.25, 0.3) is 0 Å². The van der Waals surface area contributed by atoms with Crippen LogP contribution in [0.25, 0.3) is 0 Å². The van der Waals surface area contributed by atoms with Crippen molar-refractivity contribution in [1.82, 2.24) is 0 Å². The van der Waals surface area contributed by atoms with Crippen LogP contribution in [-0.4, -0.2) is 34.0 Å². The number of carbonyl (C=O) groups excluding carboxylic acids is 1. The molecule has 2 saturated heterocycles. The molecule has 4 heteroatoms. The number of hydrogen-bond acceptors (Lipinski definition) is 4. The van der Waals surface area contributed by atoms with Crippen molar-refractivity contribution in [2.24, 2.45) is 17.8 Å². The summed E-state index contributed by atoms with van der Waals surface area (Å²) in [6, 6.07) is 0. The monoisotopic (exact) mass is 266 g/mol. The van der Waals surface area contributed by atoms with Crippen LogP contribution in [-0.2, 0) is 14.3 Å². The maximum Gasteiger partial charge on any atom is 0.309 e. The highest BCUT2D eigenvalue weighted by Crippen LogP contribution is 2.69. The van der Waals surface area contributed by atoms with Crippen LogP contribution in [0.15, 0.2) is 0 Å². The van der Waals surface area contributed by atoms with Gasteiger partial charge in [-0.25, -0.2) is 0 Å². The highest BCUT2D eigenvalue weighted by atomic mass is 16.6. The van der Waals surface area contributed by atoms with E-state index < -0.39 is 5.60 Å². The van der Waals surface area contributed by atoms with E-state index in [1.165, 1.54) is 0 Å². The molecule has 1 spiro atoms. The van der Waals surface area contributed by atoms with Gasteiger partial charge in [-0.05, 0) is 39.5 Å². The second kappa shape index (κ2) is 3.17. The Kier molecular flexibility index (Phi) is 2.03. The van der Waals surface area contributed by atoms with Gasteiger partial charge < -0.3 is 14.6 Å². The van der Waals surface area contributed by atoms with E-state index in [1.807, 2.05) is 13.8 Å². The van der Waals surface area contributed by atoms with E-state index in [-0.39, 0.29) is 41.0 Å². The first-order valence-electron chi connectivity index (χ1n) is 7.44. The number of hydrogen-bond donors (Lipinski definition) is 1. The van der Waals surface area contributed by atoms with Crippen LogP contribution in [0.3, 0.4) is 0 Å². The molecule has 4 rings (SSSR count). The van der Waals surface area contributed by atoms with Gasteiger partial charge in [0.2, 0.25) is 0 Å². The molecule has 0 bridgehead atoms. The zero-order valence-corrected chi connectivity index (χ0v) is 11.8. The quantitative estimate of drug-likeness (QED) is 0.535. The highest BCUT2D eigenvalue weighted by molar-refractivity contribution is 5.75. The van der Waals surface area contributed by atoms with Crippen molar-refractivity contribution >= 4 is 5.97 Å². The molecule has 2 saturated carbocycles. The first-order valence-corrected chi connectivity index (χ1v) is 7.44. The molecule has 2 heterocycles. The number of ether oxygens (including phenoxy) is 2. The third kappa shape index (κ3) is 1.25. The molecule has 1 unspecified atom stereocenters. The molecule has 1 N–H and O–H groups in total. The first kappa shape index (κ1) is 12.2. The molecule has 106 valence electrons. The zero-order chi connectivity index (χ0) is 13.6. The Morgan fingerprint density at radius 1 is 1.26 bits per heavy atom. The molecule has 0 aromatic carbocycles. The largest absolute Gasteiger partial charge is 0.461 e. The van der Waals surface area contributed by atoms with E-state index in [0.717, 1.165) is 25.7 Å². The summed E-state index contributed by atoms with van der Waals surface area (Å²) in [5.41, 5.74) is -1.15. The van der Waals surface area contributed by atoms with E-state index in [9.17, 15) is 9.90 Å². The minimum atomic E-state index is -0.782. The van der Waals surface area contributed by atoms with Crippen molar-refractivity contribution in [3.63, 3.8) is 0 Å². The van der Waals surface area contributed by atoms with Crippen molar-refractivity contribution in [2.75, 3.05) is 0 Å². The molecule has 2 aliphatic heterocycles. The van der Waals surface area contributed by atoms with Gasteiger partial charge in [-0.1, -0.05) is 6.92 Å². The van der Waals surface area contributed by atoms with E-state index in [4.69, 9.17) is 9.47 Å². The molecule has 7 atom stereocenters. The fourth-order valence-corrected chi connectivity index (χ4v) is 5.18. The van der Waals surface area contributed by atoms with E-state index in [1.54, 1.807) is 0 Å². The Morgan fingerprint density at radius 2 is 2.00 bits per heavy atom. The van der Waals surface area contributed by atoms with Crippen LogP contribution in [0, 0.1) is 17.8 Å². The average Bonchev–Trinajstić information content (AvgIpc) is 2.70. The summed E-state index contributed by atoms with van der Waals surface area (Å²) in [6.45, 7) is 6.01. The molecule has 0 aromatic rings. The molecule has 0 amide bonds. The number of fused-ring (bicyclic) bond motifs is 2. The van der Waals surface area contributed by atoms with Crippen molar-refractivity contribution < 1.29 is 19.4 Å². The van der Waals surface area contributed by atoms with Crippen LogP contribution < -0.4 is 0 Å². The molecule has 2 aliphatic carbocycles. The van der Waals surface area contributed by atoms with Gasteiger partial charge >= 0.3 is 5.97 Å². The molecule has 4 nitrogen and oxygen atoms in total. The van der Waals surface area contributed by atoms with E-state index in [0.29, 0.717) is 0 Å². The predicted molar refractivity (Wildman–Crippen MR) is 67.3 cm³/mol. The Hall–Kier alpha value is -0.610. The number of esters is 1. The smallest absolute Gasteiger partial charge is 0.309 e. The molecule has 4 aliphatic rings. The Bertz CT molecular complexity index is 459. The van der Waals surface area contributed by atoms with Crippen LogP contribution in [0.1, 0.15) is 46.5 Å². The van der Waals surface area contributed by atoms with Gasteiger partial charge in [-0.3, -0.25) is 4.79 Å². The third-order valence-corrected chi connectivity index (χ3v) is 6.41. The van der Waals surface area contributed by atoms with Crippen LogP contribution in [0.2, 0.25) is 0 Å². The maximum atomic E-state index is 11.9. The minimum absolute atomic E-state index is 0.0421. The fraction of sp³-hybridized carbons (Fsp3) is 0.933. The SMILES string of the molecule is CC1C(=O)O[C@@H]2[C@@H]3[C@]4(CC[C@@]3(C)O)O[C@]4(C)CC[C@@H]12. The van der Waals surface area contributed by atoms with Gasteiger partial charge in [0, 0.05) is 5.92 Å². The van der Waals surface area contributed by atoms with Crippen molar-refractivity contribution in [1.29, 1.82) is 0 Å².